The summed E-state index contributed by atoms with van der Waals surface area (Å²) in [4.78, 5) is 25.4. The van der Waals surface area contributed by atoms with Crippen LogP contribution in [0.1, 0.15) is 303 Å². The highest BCUT2D eigenvalue weighted by atomic mass is 16.6. The lowest BCUT2D eigenvalue weighted by Gasteiger charge is -2.18. The zero-order valence-corrected chi connectivity index (χ0v) is 42.2. The highest BCUT2D eigenvalue weighted by molar-refractivity contribution is 5.70. The van der Waals surface area contributed by atoms with Crippen LogP contribution in [-0.4, -0.2) is 37.9 Å². The van der Waals surface area contributed by atoms with Crippen molar-refractivity contribution >= 4 is 11.9 Å². The molecule has 0 amide bonds. The van der Waals surface area contributed by atoms with E-state index in [1.54, 1.807) is 0 Å². The van der Waals surface area contributed by atoms with Crippen molar-refractivity contribution in [3.05, 3.63) is 24.3 Å². The number of carbonyl (C=O) groups excluding carboxylic acids is 2. The average Bonchev–Trinajstić information content (AvgIpc) is 3.27. The van der Waals surface area contributed by atoms with Crippen molar-refractivity contribution in [3.8, 4) is 0 Å². The molecule has 0 fully saturated rings. The molecule has 0 saturated carbocycles. The lowest BCUT2D eigenvalue weighted by Crippen LogP contribution is -2.30. The van der Waals surface area contributed by atoms with Gasteiger partial charge in [-0.2, -0.15) is 0 Å². The van der Waals surface area contributed by atoms with Gasteiger partial charge in [0.15, 0.2) is 6.10 Å². The van der Waals surface area contributed by atoms with Crippen LogP contribution in [0.4, 0.5) is 0 Å². The minimum absolute atomic E-state index is 0.0860. The highest BCUT2D eigenvalue weighted by Gasteiger charge is 2.17. The summed E-state index contributed by atoms with van der Waals surface area (Å²) in [6.07, 6.45) is 63.3. The number of ether oxygens (including phenoxy) is 3. The molecule has 1 atom stereocenters. The maximum Gasteiger partial charge on any atom is 0.306 e. The quantitative estimate of drug-likeness (QED) is 0.0346. The van der Waals surface area contributed by atoms with Crippen molar-refractivity contribution in [1.82, 2.24) is 0 Å². The van der Waals surface area contributed by atoms with Gasteiger partial charge < -0.3 is 14.2 Å². The fourth-order valence-electron chi connectivity index (χ4n) is 8.31. The van der Waals surface area contributed by atoms with Gasteiger partial charge >= 0.3 is 11.9 Å². The summed E-state index contributed by atoms with van der Waals surface area (Å²) in [5.74, 6) is -0.391. The van der Waals surface area contributed by atoms with Crippen LogP contribution in [0.25, 0.3) is 0 Å². The zero-order chi connectivity index (χ0) is 44.9. The predicted molar refractivity (Wildman–Crippen MR) is 270 cm³/mol. The first-order valence-electron chi connectivity index (χ1n) is 27.9. The Hall–Kier alpha value is -1.62. The summed E-state index contributed by atoms with van der Waals surface area (Å²) >= 11 is 0. The van der Waals surface area contributed by atoms with E-state index >= 15 is 0 Å². The summed E-state index contributed by atoms with van der Waals surface area (Å²) in [7, 11) is 0. The molecule has 0 unspecified atom stereocenters. The van der Waals surface area contributed by atoms with Crippen LogP contribution in [-0.2, 0) is 23.8 Å². The summed E-state index contributed by atoms with van der Waals surface area (Å²) in [6.45, 7) is 7.86. The molecule has 0 N–H and O–H groups in total. The van der Waals surface area contributed by atoms with Gasteiger partial charge in [-0.1, -0.05) is 263 Å². The third kappa shape index (κ3) is 51.0. The molecular weight excluding hydrogens is 765 g/mol. The molecule has 0 aromatic rings. The number of unbranched alkanes of at least 4 members (excludes halogenated alkanes) is 37. The van der Waals surface area contributed by atoms with Crippen molar-refractivity contribution in [2.24, 2.45) is 0 Å². The van der Waals surface area contributed by atoms with E-state index in [9.17, 15) is 9.59 Å². The Labute approximate surface area is 387 Å². The minimum Gasteiger partial charge on any atom is -0.462 e. The predicted octanol–water partition coefficient (Wildman–Crippen LogP) is 18.8. The lowest BCUT2D eigenvalue weighted by atomic mass is 10.0. The summed E-state index contributed by atoms with van der Waals surface area (Å²) in [5.41, 5.74) is 0. The third-order valence-electron chi connectivity index (χ3n) is 12.5. The molecule has 0 aliphatic carbocycles. The number of esters is 2. The van der Waals surface area contributed by atoms with Crippen molar-refractivity contribution in [3.63, 3.8) is 0 Å². The molecule has 0 saturated heterocycles. The average molecular weight is 873 g/mol. The Morgan fingerprint density at radius 1 is 0.355 bits per heavy atom. The molecule has 0 radical (unpaired) electrons. The number of hydrogen-bond acceptors (Lipinski definition) is 5. The number of rotatable bonds is 52. The van der Waals surface area contributed by atoms with Crippen LogP contribution in [0.2, 0.25) is 0 Å². The van der Waals surface area contributed by atoms with Crippen LogP contribution in [0, 0.1) is 0 Å². The summed E-state index contributed by atoms with van der Waals surface area (Å²) < 4.78 is 17.5. The van der Waals surface area contributed by atoms with Crippen LogP contribution < -0.4 is 0 Å². The monoisotopic (exact) mass is 873 g/mol. The zero-order valence-electron chi connectivity index (χ0n) is 42.2. The topological polar surface area (TPSA) is 61.8 Å². The van der Waals surface area contributed by atoms with E-state index in [1.807, 2.05) is 0 Å². The lowest BCUT2D eigenvalue weighted by molar-refractivity contribution is -0.163. The van der Waals surface area contributed by atoms with E-state index in [0.29, 0.717) is 26.1 Å². The van der Waals surface area contributed by atoms with E-state index in [1.165, 1.54) is 218 Å². The second kappa shape index (κ2) is 53.7. The molecule has 5 nitrogen and oxygen atoms in total. The standard InChI is InChI=1S/C57H108O5/c1-4-7-10-13-16-19-22-25-28-31-34-37-40-43-46-49-52-60-53-55(62-57(59)51-48-45-42-39-36-33-30-27-24-21-18-15-12-9-6-3)54-61-56(58)50-47-44-41-38-35-32-29-26-23-20-17-14-11-8-5-2/h17,20,26,29,55H,4-16,18-19,21-25,27-28,30-54H2,1-3H3/b20-17-,29-26-/t55-/m1/s1. The largest absolute Gasteiger partial charge is 0.462 e. The van der Waals surface area contributed by atoms with Gasteiger partial charge in [0, 0.05) is 19.4 Å². The van der Waals surface area contributed by atoms with Crippen LogP contribution in [0.3, 0.4) is 0 Å². The van der Waals surface area contributed by atoms with Crippen LogP contribution in [0.5, 0.6) is 0 Å². The normalized spacial score (nSPS) is 12.2. The van der Waals surface area contributed by atoms with E-state index in [2.05, 4.69) is 45.1 Å². The molecule has 366 valence electrons. The van der Waals surface area contributed by atoms with Crippen molar-refractivity contribution in [2.75, 3.05) is 19.8 Å². The van der Waals surface area contributed by atoms with Gasteiger partial charge in [0.25, 0.3) is 0 Å². The Kier molecular flexibility index (Phi) is 52.3. The third-order valence-corrected chi connectivity index (χ3v) is 12.5. The molecule has 0 bridgehead atoms. The van der Waals surface area contributed by atoms with Crippen molar-refractivity contribution in [1.29, 1.82) is 0 Å². The highest BCUT2D eigenvalue weighted by Crippen LogP contribution is 2.16. The van der Waals surface area contributed by atoms with Gasteiger partial charge in [0.05, 0.1) is 6.61 Å². The first-order valence-corrected chi connectivity index (χ1v) is 27.9. The fourth-order valence-corrected chi connectivity index (χ4v) is 8.31. The molecule has 5 heteroatoms. The number of hydrogen-bond donors (Lipinski definition) is 0. The Morgan fingerprint density at radius 2 is 0.677 bits per heavy atom. The van der Waals surface area contributed by atoms with Crippen molar-refractivity contribution in [2.45, 2.75) is 309 Å². The van der Waals surface area contributed by atoms with E-state index in [0.717, 1.165) is 51.4 Å². The van der Waals surface area contributed by atoms with Gasteiger partial charge in [-0.25, -0.2) is 0 Å². The molecule has 0 aliphatic heterocycles. The molecule has 0 rings (SSSR count). The molecule has 62 heavy (non-hydrogen) atoms. The van der Waals surface area contributed by atoms with Gasteiger partial charge in [-0.15, -0.1) is 0 Å². The van der Waals surface area contributed by atoms with Crippen molar-refractivity contribution < 1.29 is 23.8 Å². The van der Waals surface area contributed by atoms with Crippen LogP contribution >= 0.6 is 0 Å². The van der Waals surface area contributed by atoms with Gasteiger partial charge in [-0.3, -0.25) is 9.59 Å². The SMILES string of the molecule is CCCCC/C=C\C/C=C\CCCCCCCC(=O)OC[C@@H](COCCCCCCCCCCCCCCCCCC)OC(=O)CCCCCCCCCCCCCCCCC. The van der Waals surface area contributed by atoms with Gasteiger partial charge in [0.2, 0.25) is 0 Å². The molecule has 0 aromatic heterocycles. The second-order valence-electron chi connectivity index (χ2n) is 18.9. The molecule has 0 aromatic carbocycles. The maximum atomic E-state index is 12.8. The minimum atomic E-state index is -0.534. The van der Waals surface area contributed by atoms with Gasteiger partial charge in [-0.05, 0) is 51.4 Å². The smallest absolute Gasteiger partial charge is 0.306 e. The summed E-state index contributed by atoms with van der Waals surface area (Å²) in [6, 6.07) is 0. The maximum absolute atomic E-state index is 12.8. The first-order chi connectivity index (χ1) is 30.6. The Bertz CT molecular complexity index is 943. The molecule has 0 aliphatic rings. The van der Waals surface area contributed by atoms with E-state index < -0.39 is 6.10 Å². The number of carbonyl (C=O) groups is 2. The molecular formula is C57H108O5. The first kappa shape index (κ1) is 60.4. The van der Waals surface area contributed by atoms with Gasteiger partial charge in [0.1, 0.15) is 6.61 Å². The fraction of sp³-hybridized carbons (Fsp3) is 0.895. The Morgan fingerprint density at radius 3 is 1.10 bits per heavy atom. The second-order valence-corrected chi connectivity index (χ2v) is 18.9. The van der Waals surface area contributed by atoms with E-state index in [4.69, 9.17) is 14.2 Å². The van der Waals surface area contributed by atoms with E-state index in [-0.39, 0.29) is 18.5 Å². The molecule has 0 spiro atoms. The van der Waals surface area contributed by atoms with Crippen LogP contribution in [0.15, 0.2) is 24.3 Å². The summed E-state index contributed by atoms with van der Waals surface area (Å²) in [5, 5.41) is 0. The number of allylic oxidation sites excluding steroid dienone is 4. The Balaban J connectivity index is 4.24. The molecule has 0 heterocycles.